The van der Waals surface area contributed by atoms with E-state index in [4.69, 9.17) is 9.47 Å². The molecule has 2 N–H and O–H groups in total. The van der Waals surface area contributed by atoms with Gasteiger partial charge in [-0.05, 0) is 43.9 Å². The summed E-state index contributed by atoms with van der Waals surface area (Å²) in [5.41, 5.74) is -1.08. The van der Waals surface area contributed by atoms with Crippen molar-refractivity contribution in [3.63, 3.8) is 0 Å². The molecule has 1 aliphatic rings. The molecule has 0 bridgehead atoms. The number of nitrogens with one attached hydrogen (secondary N) is 2. The third-order valence-electron chi connectivity index (χ3n) is 4.26. The van der Waals surface area contributed by atoms with Gasteiger partial charge in [-0.3, -0.25) is 0 Å². The number of nitrogens with zero attached hydrogens (tertiary/aromatic N) is 1. The van der Waals surface area contributed by atoms with Crippen LogP contribution in [-0.4, -0.2) is 45.0 Å². The van der Waals surface area contributed by atoms with Crippen LogP contribution >= 0.6 is 0 Å². The number of hydrogen-bond acceptors (Lipinski definition) is 3. The number of hydrogen-bond donors (Lipinski definition) is 2. The van der Waals surface area contributed by atoms with Gasteiger partial charge in [0.05, 0.1) is 18.2 Å². The second kappa shape index (κ2) is 11.2. The quantitative estimate of drug-likeness (QED) is 0.301. The van der Waals surface area contributed by atoms with Gasteiger partial charge in [-0.2, -0.15) is 13.2 Å². The lowest BCUT2D eigenvalue weighted by Gasteiger charge is -2.22. The Morgan fingerprint density at radius 1 is 1.25 bits per heavy atom. The highest BCUT2D eigenvalue weighted by Crippen LogP contribution is 2.32. The molecule has 1 saturated heterocycles. The van der Waals surface area contributed by atoms with Gasteiger partial charge in [0.1, 0.15) is 5.82 Å². The van der Waals surface area contributed by atoms with Gasteiger partial charge < -0.3 is 20.1 Å². The predicted octanol–water partition coefficient (Wildman–Crippen LogP) is 3.49. The molecule has 0 amide bonds. The largest absolute Gasteiger partial charge is 0.416 e. The van der Waals surface area contributed by atoms with Gasteiger partial charge in [-0.25, -0.2) is 9.38 Å². The summed E-state index contributed by atoms with van der Waals surface area (Å²) in [7, 11) is 0. The van der Waals surface area contributed by atoms with Crippen molar-refractivity contribution in [1.82, 2.24) is 10.6 Å². The molecule has 0 atom stereocenters. The lowest BCUT2D eigenvalue weighted by Crippen LogP contribution is -2.38. The van der Waals surface area contributed by atoms with E-state index >= 15 is 0 Å². The summed E-state index contributed by atoms with van der Waals surface area (Å²) in [6.45, 7) is 4.85. The van der Waals surface area contributed by atoms with Gasteiger partial charge in [0, 0.05) is 32.9 Å². The molecule has 0 saturated carbocycles. The van der Waals surface area contributed by atoms with Crippen LogP contribution in [0, 0.1) is 5.82 Å². The van der Waals surface area contributed by atoms with E-state index in [2.05, 4.69) is 15.6 Å². The fourth-order valence-corrected chi connectivity index (χ4v) is 2.83. The number of aliphatic imine (C=N–C) groups is 1. The molecule has 0 aliphatic carbocycles. The zero-order valence-electron chi connectivity index (χ0n) is 15.9. The van der Waals surface area contributed by atoms with Crippen LogP contribution in [0.4, 0.5) is 17.6 Å². The van der Waals surface area contributed by atoms with Crippen LogP contribution in [0.25, 0.3) is 0 Å². The molecule has 1 aromatic carbocycles. The van der Waals surface area contributed by atoms with Crippen LogP contribution in [0.15, 0.2) is 23.2 Å². The van der Waals surface area contributed by atoms with Crippen LogP contribution in [-0.2, 0) is 22.2 Å². The average Bonchev–Trinajstić information content (AvgIpc) is 2.66. The van der Waals surface area contributed by atoms with Crippen molar-refractivity contribution in [2.24, 2.45) is 4.99 Å². The molecular weight excluding hydrogens is 378 g/mol. The van der Waals surface area contributed by atoms with Crippen LogP contribution in [0.1, 0.15) is 37.3 Å². The number of guanidine groups is 1. The van der Waals surface area contributed by atoms with E-state index in [1.165, 1.54) is 0 Å². The Bertz CT molecular complexity index is 632. The monoisotopic (exact) mass is 405 g/mol. The molecule has 0 unspecified atom stereocenters. The SMILES string of the molecule is CCNC(=NCc1ccc(F)cc1C(F)(F)F)NCCCOC1CCOCC1. The molecule has 1 aromatic rings. The van der Waals surface area contributed by atoms with Crippen molar-refractivity contribution in [3.05, 3.63) is 35.1 Å². The Balaban J connectivity index is 1.85. The summed E-state index contributed by atoms with van der Waals surface area (Å²) < 4.78 is 63.5. The second-order valence-electron chi connectivity index (χ2n) is 6.46. The molecule has 0 spiro atoms. The van der Waals surface area contributed by atoms with E-state index in [0.29, 0.717) is 31.7 Å². The first kappa shape index (κ1) is 22.4. The molecule has 0 aromatic heterocycles. The average molecular weight is 405 g/mol. The third kappa shape index (κ3) is 7.63. The predicted molar refractivity (Wildman–Crippen MR) is 98.6 cm³/mol. The van der Waals surface area contributed by atoms with Crippen molar-refractivity contribution in [2.45, 2.75) is 45.0 Å². The summed E-state index contributed by atoms with van der Waals surface area (Å²) in [6.07, 6.45) is -1.85. The summed E-state index contributed by atoms with van der Waals surface area (Å²) in [6, 6.07) is 2.62. The number of rotatable bonds is 8. The topological polar surface area (TPSA) is 54.9 Å². The zero-order chi connectivity index (χ0) is 20.4. The third-order valence-corrected chi connectivity index (χ3v) is 4.26. The van der Waals surface area contributed by atoms with Gasteiger partial charge in [-0.1, -0.05) is 6.07 Å². The van der Waals surface area contributed by atoms with Gasteiger partial charge in [0.25, 0.3) is 0 Å². The number of benzene rings is 1. The standard InChI is InChI=1S/C19H27F4N3O2/c1-2-24-18(25-8-3-9-28-16-6-10-27-11-7-16)26-13-14-4-5-15(20)12-17(14)19(21,22)23/h4-5,12,16H,2-3,6-11,13H2,1H3,(H2,24,25,26). The molecule has 158 valence electrons. The smallest absolute Gasteiger partial charge is 0.381 e. The first-order chi connectivity index (χ1) is 13.4. The van der Waals surface area contributed by atoms with E-state index in [9.17, 15) is 17.6 Å². The molecule has 1 aliphatic heterocycles. The van der Waals surface area contributed by atoms with E-state index in [1.807, 2.05) is 6.92 Å². The molecule has 0 radical (unpaired) electrons. The highest BCUT2D eigenvalue weighted by atomic mass is 19.4. The maximum atomic E-state index is 13.2. The maximum Gasteiger partial charge on any atom is 0.416 e. The highest BCUT2D eigenvalue weighted by Gasteiger charge is 2.33. The highest BCUT2D eigenvalue weighted by molar-refractivity contribution is 5.79. The van der Waals surface area contributed by atoms with Crippen molar-refractivity contribution < 1.29 is 27.0 Å². The minimum Gasteiger partial charge on any atom is -0.381 e. The van der Waals surface area contributed by atoms with E-state index in [-0.39, 0.29) is 18.2 Å². The van der Waals surface area contributed by atoms with Crippen molar-refractivity contribution in [3.8, 4) is 0 Å². The van der Waals surface area contributed by atoms with Crippen LogP contribution in [0.5, 0.6) is 0 Å². The van der Waals surface area contributed by atoms with Crippen LogP contribution in [0.3, 0.4) is 0 Å². The van der Waals surface area contributed by atoms with Gasteiger partial charge in [0.2, 0.25) is 0 Å². The van der Waals surface area contributed by atoms with Crippen molar-refractivity contribution >= 4 is 5.96 Å². The molecule has 28 heavy (non-hydrogen) atoms. The van der Waals surface area contributed by atoms with Crippen molar-refractivity contribution in [2.75, 3.05) is 32.9 Å². The minimum atomic E-state index is -4.62. The lowest BCUT2D eigenvalue weighted by atomic mass is 10.1. The Morgan fingerprint density at radius 3 is 2.68 bits per heavy atom. The molecular formula is C19H27F4N3O2. The summed E-state index contributed by atoms with van der Waals surface area (Å²) in [5.74, 6) is -0.513. The van der Waals surface area contributed by atoms with Gasteiger partial charge >= 0.3 is 6.18 Å². The summed E-state index contributed by atoms with van der Waals surface area (Å²) in [4.78, 5) is 4.19. The molecule has 2 rings (SSSR count). The Morgan fingerprint density at radius 2 is 2.00 bits per heavy atom. The first-order valence-corrected chi connectivity index (χ1v) is 9.47. The number of alkyl halides is 3. The summed E-state index contributed by atoms with van der Waals surface area (Å²) >= 11 is 0. The Labute approximate surface area is 162 Å². The molecule has 5 nitrogen and oxygen atoms in total. The summed E-state index contributed by atoms with van der Waals surface area (Å²) in [5, 5.41) is 6.07. The first-order valence-electron chi connectivity index (χ1n) is 9.47. The Kier molecular flexibility index (Phi) is 8.98. The normalized spacial score (nSPS) is 16.2. The van der Waals surface area contributed by atoms with E-state index in [1.54, 1.807) is 0 Å². The number of halogens is 4. The Hall–Kier alpha value is -1.87. The van der Waals surface area contributed by atoms with Crippen LogP contribution in [0.2, 0.25) is 0 Å². The van der Waals surface area contributed by atoms with Crippen LogP contribution < -0.4 is 10.6 Å². The number of ether oxygens (including phenoxy) is 2. The van der Waals surface area contributed by atoms with Gasteiger partial charge in [0.15, 0.2) is 5.96 Å². The zero-order valence-corrected chi connectivity index (χ0v) is 15.9. The lowest BCUT2D eigenvalue weighted by molar-refractivity contribution is -0.138. The van der Waals surface area contributed by atoms with Gasteiger partial charge in [-0.15, -0.1) is 0 Å². The maximum absolute atomic E-state index is 13.2. The minimum absolute atomic E-state index is 0.0750. The fourth-order valence-electron chi connectivity index (χ4n) is 2.83. The molecule has 9 heteroatoms. The van der Waals surface area contributed by atoms with E-state index in [0.717, 1.165) is 44.6 Å². The second-order valence-corrected chi connectivity index (χ2v) is 6.46. The molecule has 1 heterocycles. The van der Waals surface area contributed by atoms with Crippen molar-refractivity contribution in [1.29, 1.82) is 0 Å². The fraction of sp³-hybridized carbons (Fsp3) is 0.632. The molecule has 1 fully saturated rings. The van der Waals surface area contributed by atoms with E-state index < -0.39 is 17.6 Å².